The molecule has 9 nitrogen and oxygen atoms in total. The molecule has 4 saturated heterocycles. The fourth-order valence-electron chi connectivity index (χ4n) is 7.97. The molecule has 2 aromatic heterocycles. The first-order valence-electron chi connectivity index (χ1n) is 15.2. The third-order valence-corrected chi connectivity index (χ3v) is 11.0. The average molecular weight is 631 g/mol. The largest absolute Gasteiger partial charge is 0.461 e. The number of piperazine rings is 1. The number of hydrogen-bond donors (Lipinski definition) is 2. The van der Waals surface area contributed by atoms with Gasteiger partial charge in [-0.05, 0) is 49.9 Å². The molecular formula is C32H29F3N8OS. The lowest BCUT2D eigenvalue weighted by atomic mass is 9.93. The first-order valence-corrected chi connectivity index (χ1v) is 16.0. The summed E-state index contributed by atoms with van der Waals surface area (Å²) in [7, 11) is 0. The van der Waals surface area contributed by atoms with Crippen LogP contribution in [0.15, 0.2) is 18.2 Å². The monoisotopic (exact) mass is 630 g/mol. The van der Waals surface area contributed by atoms with E-state index in [1.807, 2.05) is 6.07 Å². The van der Waals surface area contributed by atoms with Crippen LogP contribution in [0.2, 0.25) is 0 Å². The second-order valence-electron chi connectivity index (χ2n) is 12.6. The number of aromatic nitrogens is 2. The maximum Gasteiger partial charge on any atom is 0.319 e. The molecule has 13 heteroatoms. The number of alkyl halides is 1. The Kier molecular flexibility index (Phi) is 6.57. The highest BCUT2D eigenvalue weighted by Gasteiger charge is 2.49. The smallest absolute Gasteiger partial charge is 0.319 e. The molecule has 0 saturated carbocycles. The van der Waals surface area contributed by atoms with Crippen LogP contribution >= 0.6 is 11.3 Å². The number of benzene rings is 2. The van der Waals surface area contributed by atoms with Crippen LogP contribution in [0.3, 0.4) is 0 Å². The molecule has 0 radical (unpaired) electrons. The Balaban J connectivity index is 1.31. The number of thiophene rings is 1. The van der Waals surface area contributed by atoms with Gasteiger partial charge in [-0.3, -0.25) is 4.90 Å². The zero-order valence-corrected chi connectivity index (χ0v) is 25.1. The Bertz CT molecular complexity index is 1960. The molecular weight excluding hydrogens is 601 g/mol. The summed E-state index contributed by atoms with van der Waals surface area (Å²) in [4.78, 5) is 13.6. The predicted molar refractivity (Wildman–Crippen MR) is 165 cm³/mol. The molecule has 4 atom stereocenters. The van der Waals surface area contributed by atoms with Crippen molar-refractivity contribution in [1.82, 2.24) is 20.2 Å². The third kappa shape index (κ3) is 4.40. The van der Waals surface area contributed by atoms with E-state index < -0.39 is 23.3 Å². The van der Waals surface area contributed by atoms with E-state index in [0.29, 0.717) is 37.3 Å². The summed E-state index contributed by atoms with van der Waals surface area (Å²) in [5.74, 6) is -0.932. The van der Waals surface area contributed by atoms with Gasteiger partial charge in [-0.2, -0.15) is 20.5 Å². The fourth-order valence-corrected chi connectivity index (χ4v) is 8.92. The number of nitrogens with two attached hydrogens (primary N) is 1. The van der Waals surface area contributed by atoms with Crippen molar-refractivity contribution < 1.29 is 17.9 Å². The maximum atomic E-state index is 17.0. The molecule has 8 rings (SSSR count). The quantitative estimate of drug-likeness (QED) is 0.313. The molecule has 0 spiro atoms. The summed E-state index contributed by atoms with van der Waals surface area (Å²) in [5, 5.41) is 24.3. The molecule has 2 aromatic carbocycles. The Morgan fingerprint density at radius 3 is 2.69 bits per heavy atom. The van der Waals surface area contributed by atoms with E-state index in [9.17, 15) is 19.3 Å². The van der Waals surface area contributed by atoms with E-state index in [2.05, 4.69) is 26.2 Å². The number of halogens is 3. The summed E-state index contributed by atoms with van der Waals surface area (Å²) < 4.78 is 52.6. The lowest BCUT2D eigenvalue weighted by molar-refractivity contribution is 0.107. The van der Waals surface area contributed by atoms with Crippen LogP contribution in [0, 0.1) is 34.3 Å². The van der Waals surface area contributed by atoms with Gasteiger partial charge < -0.3 is 20.7 Å². The minimum atomic E-state index is -0.931. The second-order valence-corrected chi connectivity index (χ2v) is 13.7. The van der Waals surface area contributed by atoms with Crippen molar-refractivity contribution in [3.63, 3.8) is 0 Å². The fraction of sp³-hybridized carbons (Fsp3) is 0.438. The average Bonchev–Trinajstić information content (AvgIpc) is 3.76. The number of anilines is 2. The number of fused-ring (bicyclic) bond motifs is 5. The number of nitriles is 2. The van der Waals surface area contributed by atoms with Crippen LogP contribution in [0.25, 0.3) is 32.1 Å². The Labute approximate surface area is 261 Å². The van der Waals surface area contributed by atoms with Crippen LogP contribution < -0.4 is 20.7 Å². The van der Waals surface area contributed by atoms with Crippen LogP contribution in [0.1, 0.15) is 43.2 Å². The van der Waals surface area contributed by atoms with Crippen molar-refractivity contribution in [2.24, 2.45) is 0 Å². The van der Waals surface area contributed by atoms with Gasteiger partial charge in [-0.15, -0.1) is 11.3 Å². The van der Waals surface area contributed by atoms with Crippen molar-refractivity contribution in [3.05, 3.63) is 41.0 Å². The Morgan fingerprint density at radius 1 is 1.13 bits per heavy atom. The molecule has 4 fully saturated rings. The molecule has 4 aliphatic heterocycles. The Hall–Kier alpha value is -4.17. The lowest BCUT2D eigenvalue weighted by Gasteiger charge is -2.34. The van der Waals surface area contributed by atoms with Gasteiger partial charge in [0, 0.05) is 54.5 Å². The summed E-state index contributed by atoms with van der Waals surface area (Å²) in [6.45, 7) is 2.64. The minimum Gasteiger partial charge on any atom is -0.461 e. The van der Waals surface area contributed by atoms with Gasteiger partial charge in [0.05, 0.1) is 27.4 Å². The van der Waals surface area contributed by atoms with Gasteiger partial charge in [0.25, 0.3) is 0 Å². The van der Waals surface area contributed by atoms with Crippen molar-refractivity contribution in [1.29, 1.82) is 10.5 Å². The van der Waals surface area contributed by atoms with E-state index in [0.717, 1.165) is 43.6 Å². The van der Waals surface area contributed by atoms with Gasteiger partial charge in [-0.25, -0.2) is 13.2 Å². The normalized spacial score (nSPS) is 26.0. The van der Waals surface area contributed by atoms with E-state index in [1.165, 1.54) is 12.1 Å². The molecule has 4 aromatic rings. The highest BCUT2D eigenvalue weighted by atomic mass is 32.1. The summed E-state index contributed by atoms with van der Waals surface area (Å²) in [6.07, 6.45) is 3.21. The standard InChI is InChI=1S/C32H29F3N8OS/c33-17-9-32(6-1-7-43(32)12-17)15-44-31-40-27-21(30(41-31)42-13-18-2-3-19(14-42)39-18)8-16(10-36)24(26(27)35)20-4-5-23(34)28-25(20)22(11-37)29(38)45-28/h4-5,8,17-19,39H,1-3,6-7,9,12-15,38H2/t17-,18?,19?,32+/m1/s1. The van der Waals surface area contributed by atoms with Gasteiger partial charge in [-0.1, -0.05) is 6.07 Å². The summed E-state index contributed by atoms with van der Waals surface area (Å²) >= 11 is 0.903. The third-order valence-electron chi connectivity index (χ3n) is 9.96. The molecule has 0 aliphatic carbocycles. The predicted octanol–water partition coefficient (Wildman–Crippen LogP) is 5.01. The summed E-state index contributed by atoms with van der Waals surface area (Å²) in [6, 6.07) is 8.72. The van der Waals surface area contributed by atoms with E-state index in [-0.39, 0.29) is 67.6 Å². The van der Waals surface area contributed by atoms with Crippen LogP contribution in [0.4, 0.5) is 24.0 Å². The van der Waals surface area contributed by atoms with Crippen LogP contribution in [-0.2, 0) is 0 Å². The number of hydrogen-bond acceptors (Lipinski definition) is 10. The van der Waals surface area contributed by atoms with Gasteiger partial charge in [0.1, 0.15) is 41.0 Å². The first kappa shape index (κ1) is 28.3. The Morgan fingerprint density at radius 2 is 1.93 bits per heavy atom. The molecule has 6 heterocycles. The number of nitrogen functional groups attached to an aromatic ring is 1. The number of nitrogens with zero attached hydrogens (tertiary/aromatic N) is 6. The molecule has 0 amide bonds. The maximum absolute atomic E-state index is 17.0. The number of nitrogens with one attached hydrogen (secondary N) is 1. The van der Waals surface area contributed by atoms with E-state index in [4.69, 9.17) is 15.5 Å². The van der Waals surface area contributed by atoms with Crippen LogP contribution in [0.5, 0.6) is 6.01 Å². The molecule has 4 aliphatic rings. The molecule has 45 heavy (non-hydrogen) atoms. The van der Waals surface area contributed by atoms with Gasteiger partial charge in [0.15, 0.2) is 5.82 Å². The van der Waals surface area contributed by atoms with Crippen molar-refractivity contribution in [3.8, 4) is 29.3 Å². The lowest BCUT2D eigenvalue weighted by Crippen LogP contribution is -2.51. The molecule has 2 bridgehead atoms. The highest BCUT2D eigenvalue weighted by molar-refractivity contribution is 7.23. The van der Waals surface area contributed by atoms with Crippen molar-refractivity contribution >= 4 is 43.1 Å². The topological polar surface area (TPSA) is 127 Å². The van der Waals surface area contributed by atoms with E-state index >= 15 is 4.39 Å². The van der Waals surface area contributed by atoms with Gasteiger partial charge in [0.2, 0.25) is 0 Å². The first-order chi connectivity index (χ1) is 21.8. The zero-order valence-electron chi connectivity index (χ0n) is 24.2. The molecule has 3 N–H and O–H groups in total. The number of rotatable bonds is 5. The van der Waals surface area contributed by atoms with Gasteiger partial charge >= 0.3 is 6.01 Å². The molecule has 2 unspecified atom stereocenters. The zero-order chi connectivity index (χ0) is 31.0. The second kappa shape index (κ2) is 10.4. The van der Waals surface area contributed by atoms with Crippen molar-refractivity contribution in [2.75, 3.05) is 43.4 Å². The molecule has 230 valence electrons. The van der Waals surface area contributed by atoms with Crippen molar-refractivity contribution in [2.45, 2.75) is 55.9 Å². The van der Waals surface area contributed by atoms with Crippen LogP contribution in [-0.4, -0.2) is 71.4 Å². The summed E-state index contributed by atoms with van der Waals surface area (Å²) in [5.41, 5.74) is 5.65. The highest BCUT2D eigenvalue weighted by Crippen LogP contribution is 2.45. The SMILES string of the molecule is N#Cc1cc2c(N3CC4CCC(C3)N4)nc(OC[C@@]34CCCN3C[C@H](F)C4)nc2c(F)c1-c1ccc(F)c2sc(N)c(C#N)c12. The number of ether oxygens (including phenoxy) is 1. The minimum absolute atomic E-state index is 0.00127. The van der Waals surface area contributed by atoms with E-state index in [1.54, 1.807) is 6.07 Å².